The Kier molecular flexibility index (Phi) is 5.44. The summed E-state index contributed by atoms with van der Waals surface area (Å²) < 4.78 is 23.5. The number of hydrogen-bond acceptors (Lipinski definition) is 5. The summed E-state index contributed by atoms with van der Waals surface area (Å²) in [4.78, 5) is 4.19. The van der Waals surface area contributed by atoms with Crippen LogP contribution < -0.4 is 4.74 Å². The second-order valence-corrected chi connectivity index (χ2v) is 6.02. The van der Waals surface area contributed by atoms with E-state index in [1.807, 2.05) is 0 Å². The van der Waals surface area contributed by atoms with Crippen LogP contribution in [-0.4, -0.2) is 21.9 Å². The van der Waals surface area contributed by atoms with Crippen LogP contribution >= 0.6 is 23.2 Å². The maximum Gasteiger partial charge on any atom is 0.269 e. The maximum absolute atomic E-state index is 13.0. The van der Waals surface area contributed by atoms with Gasteiger partial charge < -0.3 is 14.4 Å². The molecule has 0 aliphatic carbocycles. The zero-order valence-corrected chi connectivity index (χ0v) is 15.1. The maximum atomic E-state index is 13.0. The molecule has 5 nitrogen and oxygen atoms in total. The number of aromatic nitrogens is 2. The first kappa shape index (κ1) is 18.2. The van der Waals surface area contributed by atoms with Crippen molar-refractivity contribution in [3.8, 4) is 22.9 Å². The number of halogens is 3. The third-order valence-electron chi connectivity index (χ3n) is 3.38. The molecule has 0 unspecified atom stereocenters. The van der Waals surface area contributed by atoms with Gasteiger partial charge in [-0.1, -0.05) is 28.4 Å². The Morgan fingerprint density at radius 1 is 1.31 bits per heavy atom. The molecular weight excluding hydrogens is 382 g/mol. The topological polar surface area (TPSA) is 68.4 Å². The Bertz CT molecular complexity index is 956. The quantitative estimate of drug-likeness (QED) is 0.629. The Balaban J connectivity index is 1.90. The molecule has 2 aromatic carbocycles. The van der Waals surface area contributed by atoms with Gasteiger partial charge in [0.25, 0.3) is 5.89 Å². The van der Waals surface area contributed by atoms with Crippen LogP contribution in [0.25, 0.3) is 22.5 Å². The van der Waals surface area contributed by atoms with E-state index < -0.39 is 0 Å². The van der Waals surface area contributed by atoms with Crippen LogP contribution in [0.4, 0.5) is 4.39 Å². The first-order valence-electron chi connectivity index (χ1n) is 7.60. The first-order chi connectivity index (χ1) is 12.5. The molecule has 0 saturated carbocycles. The van der Waals surface area contributed by atoms with Crippen LogP contribution in [0.3, 0.4) is 0 Å². The summed E-state index contributed by atoms with van der Waals surface area (Å²) in [6, 6.07) is 8.79. The first-order valence-corrected chi connectivity index (χ1v) is 8.36. The van der Waals surface area contributed by atoms with Crippen LogP contribution in [0.15, 0.2) is 40.9 Å². The molecule has 1 heterocycles. The normalized spacial score (nSPS) is 11.6. The van der Waals surface area contributed by atoms with E-state index in [-0.39, 0.29) is 39.1 Å². The molecule has 1 N–H and O–H groups in total. The van der Waals surface area contributed by atoms with Crippen LogP contribution in [0.2, 0.25) is 5.02 Å². The van der Waals surface area contributed by atoms with E-state index in [1.54, 1.807) is 19.1 Å². The highest BCUT2D eigenvalue weighted by Gasteiger charge is 2.13. The smallest absolute Gasteiger partial charge is 0.269 e. The number of aromatic hydroxyl groups is 1. The predicted octanol–water partition coefficient (Wildman–Crippen LogP) is 5.37. The van der Waals surface area contributed by atoms with Crippen LogP contribution in [-0.2, 0) is 0 Å². The number of nitrogens with zero attached hydrogens (tertiary/aromatic N) is 2. The van der Waals surface area contributed by atoms with Crippen molar-refractivity contribution in [1.29, 1.82) is 0 Å². The van der Waals surface area contributed by atoms with Crippen LogP contribution in [0.5, 0.6) is 11.5 Å². The lowest BCUT2D eigenvalue weighted by molar-refractivity contribution is 0.318. The van der Waals surface area contributed by atoms with Crippen LogP contribution in [0.1, 0.15) is 18.4 Å². The fourth-order valence-electron chi connectivity index (χ4n) is 2.19. The monoisotopic (exact) mass is 394 g/mol. The summed E-state index contributed by atoms with van der Waals surface area (Å²) in [6.07, 6.45) is 1.55. The fraction of sp³-hybridized carbons (Fsp3) is 0.111. The van der Waals surface area contributed by atoms with Crippen molar-refractivity contribution in [3.63, 3.8) is 0 Å². The SMILES string of the molecule is CCOc1cc(/C=C(\Cl)c2nc(-c3ccc(F)cc3)no2)cc(Cl)c1O. The molecule has 1 aromatic heterocycles. The lowest BCUT2D eigenvalue weighted by atomic mass is 10.2. The summed E-state index contributed by atoms with van der Waals surface area (Å²) >= 11 is 12.2. The van der Waals surface area contributed by atoms with E-state index in [9.17, 15) is 9.50 Å². The van der Waals surface area contributed by atoms with Gasteiger partial charge in [0.2, 0.25) is 5.82 Å². The molecule has 0 radical (unpaired) electrons. The van der Waals surface area contributed by atoms with Crippen molar-refractivity contribution < 1.29 is 18.8 Å². The van der Waals surface area contributed by atoms with Crippen molar-refractivity contribution in [2.45, 2.75) is 6.92 Å². The molecule has 0 fully saturated rings. The summed E-state index contributed by atoms with van der Waals surface area (Å²) in [5.74, 6) is 0.120. The Morgan fingerprint density at radius 3 is 2.73 bits per heavy atom. The van der Waals surface area contributed by atoms with E-state index >= 15 is 0 Å². The van der Waals surface area contributed by atoms with E-state index in [0.717, 1.165) is 0 Å². The van der Waals surface area contributed by atoms with E-state index in [2.05, 4.69) is 10.1 Å². The predicted molar refractivity (Wildman–Crippen MR) is 97.7 cm³/mol. The van der Waals surface area contributed by atoms with E-state index in [4.69, 9.17) is 32.5 Å². The highest BCUT2D eigenvalue weighted by Crippen LogP contribution is 2.36. The lowest BCUT2D eigenvalue weighted by Gasteiger charge is -2.08. The van der Waals surface area contributed by atoms with Crippen LogP contribution in [0, 0.1) is 5.82 Å². The molecule has 0 bridgehead atoms. The van der Waals surface area contributed by atoms with Crippen molar-refractivity contribution in [2.75, 3.05) is 6.61 Å². The fourth-order valence-corrected chi connectivity index (χ4v) is 2.61. The molecule has 0 saturated heterocycles. The van der Waals surface area contributed by atoms with Gasteiger partial charge in [-0.05, 0) is 55.0 Å². The average Bonchev–Trinajstić information content (AvgIpc) is 3.10. The molecule has 3 aromatic rings. The second kappa shape index (κ2) is 7.76. The molecule has 0 atom stereocenters. The van der Waals surface area contributed by atoms with Gasteiger partial charge in [0, 0.05) is 5.56 Å². The summed E-state index contributed by atoms with van der Waals surface area (Å²) in [5.41, 5.74) is 1.18. The van der Waals surface area contributed by atoms with Gasteiger partial charge in [-0.2, -0.15) is 4.98 Å². The summed E-state index contributed by atoms with van der Waals surface area (Å²) in [7, 11) is 0. The highest BCUT2D eigenvalue weighted by atomic mass is 35.5. The zero-order valence-electron chi connectivity index (χ0n) is 13.5. The third kappa shape index (κ3) is 3.98. The second-order valence-electron chi connectivity index (χ2n) is 5.20. The van der Waals surface area contributed by atoms with Crippen molar-refractivity contribution >= 4 is 34.3 Å². The number of phenolic OH excluding ortho intramolecular Hbond substituents is 1. The van der Waals surface area contributed by atoms with Gasteiger partial charge >= 0.3 is 0 Å². The van der Waals surface area contributed by atoms with Crippen molar-refractivity contribution in [3.05, 3.63) is 58.7 Å². The number of rotatable bonds is 5. The minimum absolute atomic E-state index is 0.0909. The van der Waals surface area contributed by atoms with E-state index in [1.165, 1.54) is 30.3 Å². The number of phenols is 1. The molecule has 0 aliphatic heterocycles. The number of ether oxygens (including phenoxy) is 1. The lowest BCUT2D eigenvalue weighted by Crippen LogP contribution is -1.92. The minimum atomic E-state index is -0.357. The Morgan fingerprint density at radius 2 is 2.04 bits per heavy atom. The molecule has 3 rings (SSSR count). The molecule has 0 amide bonds. The van der Waals surface area contributed by atoms with Gasteiger partial charge in [0.05, 0.1) is 11.6 Å². The van der Waals surface area contributed by atoms with Gasteiger partial charge in [0.1, 0.15) is 10.8 Å². The van der Waals surface area contributed by atoms with Crippen molar-refractivity contribution in [2.24, 2.45) is 0 Å². The minimum Gasteiger partial charge on any atom is -0.503 e. The highest BCUT2D eigenvalue weighted by molar-refractivity contribution is 6.50. The van der Waals surface area contributed by atoms with Gasteiger partial charge in [0.15, 0.2) is 11.5 Å². The molecule has 134 valence electrons. The van der Waals surface area contributed by atoms with Crippen molar-refractivity contribution in [1.82, 2.24) is 10.1 Å². The molecular formula is C18H13Cl2FN2O3. The third-order valence-corrected chi connectivity index (χ3v) is 3.94. The molecule has 0 aliphatic rings. The standard InChI is InChI=1S/C18H13Cl2FN2O3/c1-2-25-15-9-10(7-13(19)16(15)24)8-14(20)18-22-17(23-26-18)11-3-5-12(21)6-4-11/h3-9,24H,2H2,1H3/b14-8-. The Hall–Kier alpha value is -2.57. The Labute approximate surface area is 158 Å². The van der Waals surface area contributed by atoms with Gasteiger partial charge in [-0.3, -0.25) is 0 Å². The summed E-state index contributed by atoms with van der Waals surface area (Å²) in [5, 5.41) is 14.0. The van der Waals surface area contributed by atoms with Gasteiger partial charge in [-0.15, -0.1) is 0 Å². The largest absolute Gasteiger partial charge is 0.503 e. The number of hydrogen-bond donors (Lipinski definition) is 1. The van der Waals surface area contributed by atoms with Gasteiger partial charge in [-0.25, -0.2) is 4.39 Å². The molecule has 8 heteroatoms. The molecule has 26 heavy (non-hydrogen) atoms. The molecule has 0 spiro atoms. The van der Waals surface area contributed by atoms with E-state index in [0.29, 0.717) is 17.7 Å². The zero-order chi connectivity index (χ0) is 18.7. The average molecular weight is 395 g/mol. The summed E-state index contributed by atoms with van der Waals surface area (Å²) in [6.45, 7) is 2.16. The number of benzene rings is 2.